The second-order valence-electron chi connectivity index (χ2n) is 4.48. The number of hydrogen-bond donors (Lipinski definition) is 3. The van der Waals surface area contributed by atoms with Crippen molar-refractivity contribution in [3.63, 3.8) is 0 Å². The van der Waals surface area contributed by atoms with Crippen molar-refractivity contribution in [2.45, 2.75) is 40.5 Å². The van der Waals surface area contributed by atoms with Crippen molar-refractivity contribution in [2.75, 3.05) is 18.4 Å². The molecule has 24 heavy (non-hydrogen) atoms. The van der Waals surface area contributed by atoms with Gasteiger partial charge in [-0.15, -0.1) is 5.23 Å². The molecule has 1 rings (SSSR count). The summed E-state index contributed by atoms with van der Waals surface area (Å²) in [5.74, 6) is -1.47. The summed E-state index contributed by atoms with van der Waals surface area (Å²) in [7, 11) is 0. The average molecular weight is 345 g/mol. The quantitative estimate of drug-likeness (QED) is 0.646. The van der Waals surface area contributed by atoms with Crippen molar-refractivity contribution in [1.29, 1.82) is 0 Å². The summed E-state index contributed by atoms with van der Waals surface area (Å²) in [5.41, 5.74) is 0.696. The van der Waals surface area contributed by atoms with Crippen LogP contribution in [0.25, 0.3) is 0 Å². The number of phenols is 1. The number of hydrogen-bond acceptors (Lipinski definition) is 6. The third kappa shape index (κ3) is 17.7. The lowest BCUT2D eigenvalue weighted by atomic mass is 10.3. The van der Waals surface area contributed by atoms with E-state index in [0.29, 0.717) is 18.9 Å². The predicted molar refractivity (Wildman–Crippen MR) is 89.7 cm³/mol. The Bertz CT molecular complexity index is 437. The minimum absolute atomic E-state index is 0.197. The fraction of sp³-hybridized carbons (Fsp3) is 0.500. The Morgan fingerprint density at radius 1 is 1.00 bits per heavy atom. The number of rotatable bonds is 7. The van der Waals surface area contributed by atoms with Gasteiger partial charge in [0, 0.05) is 19.9 Å². The highest BCUT2D eigenvalue weighted by atomic mass is 16.9. The van der Waals surface area contributed by atoms with Crippen molar-refractivity contribution >= 4 is 17.6 Å². The maximum atomic E-state index is 9.38. The van der Waals surface area contributed by atoms with Crippen LogP contribution in [0.2, 0.25) is 0 Å². The van der Waals surface area contributed by atoms with Crippen molar-refractivity contribution in [2.24, 2.45) is 0 Å². The molecule has 0 aliphatic rings. The van der Waals surface area contributed by atoms with Crippen molar-refractivity contribution in [3.05, 3.63) is 24.3 Å². The fourth-order valence-electron chi connectivity index (χ4n) is 1.14. The minimum atomic E-state index is -0.833. The van der Waals surface area contributed by atoms with Gasteiger partial charge in [-0.05, 0) is 25.0 Å². The molecule has 0 amide bonds. The molecule has 138 valence electrons. The molecule has 1 aromatic rings. The van der Waals surface area contributed by atoms with Crippen molar-refractivity contribution in [1.82, 2.24) is 0 Å². The van der Waals surface area contributed by atoms with Crippen LogP contribution in [-0.4, -0.2) is 40.5 Å². The zero-order valence-electron chi connectivity index (χ0n) is 14.6. The van der Waals surface area contributed by atoms with Gasteiger partial charge in [0.25, 0.3) is 11.9 Å². The first-order chi connectivity index (χ1) is 11.2. The van der Waals surface area contributed by atoms with Crippen LogP contribution in [0, 0.1) is 0 Å². The number of anilines is 1. The molecule has 0 aliphatic heterocycles. The first kappa shape index (κ1) is 23.9. The molecule has 0 saturated heterocycles. The number of aromatic hydroxyl groups is 1. The summed E-state index contributed by atoms with van der Waals surface area (Å²) >= 11 is 0. The molecular weight excluding hydrogens is 318 g/mol. The van der Waals surface area contributed by atoms with Gasteiger partial charge >= 0.3 is 0 Å². The van der Waals surface area contributed by atoms with Crippen molar-refractivity contribution in [3.8, 4) is 5.75 Å². The molecule has 1 aromatic carbocycles. The molecule has 0 spiro atoms. The van der Waals surface area contributed by atoms with Crippen LogP contribution < -0.4 is 5.23 Å². The molecule has 8 nitrogen and oxygen atoms in total. The number of nitrogens with zero attached hydrogens (tertiary/aromatic N) is 1. The monoisotopic (exact) mass is 345 g/mol. The molecule has 8 heteroatoms. The maximum absolute atomic E-state index is 9.38. The molecule has 0 aliphatic carbocycles. The van der Waals surface area contributed by atoms with E-state index in [4.69, 9.17) is 29.5 Å². The zero-order chi connectivity index (χ0) is 19.0. The fourth-order valence-corrected chi connectivity index (χ4v) is 1.14. The van der Waals surface area contributed by atoms with Crippen LogP contribution in [0.1, 0.15) is 40.5 Å². The summed E-state index contributed by atoms with van der Waals surface area (Å²) in [4.78, 5) is 28.9. The Morgan fingerprint density at radius 2 is 1.42 bits per heavy atom. The van der Waals surface area contributed by atoms with E-state index in [0.717, 1.165) is 26.7 Å². The van der Waals surface area contributed by atoms with Crippen LogP contribution in [0.4, 0.5) is 5.69 Å². The van der Waals surface area contributed by atoms with E-state index in [9.17, 15) is 5.11 Å². The Morgan fingerprint density at radius 3 is 1.75 bits per heavy atom. The van der Waals surface area contributed by atoms with Gasteiger partial charge in [-0.2, -0.15) is 0 Å². The van der Waals surface area contributed by atoms with Gasteiger partial charge in [-0.1, -0.05) is 19.9 Å². The van der Waals surface area contributed by atoms with Gasteiger partial charge in [0.2, 0.25) is 0 Å². The minimum Gasteiger partial charge on any atom is -0.508 e. The summed E-state index contributed by atoms with van der Waals surface area (Å²) in [6, 6.07) is 6.79. The topological polar surface area (TPSA) is 117 Å². The van der Waals surface area contributed by atoms with Crippen LogP contribution in [0.3, 0.4) is 0 Å². The van der Waals surface area contributed by atoms with E-state index < -0.39 is 11.9 Å². The van der Waals surface area contributed by atoms with Crippen LogP contribution in [-0.2, 0) is 19.3 Å². The van der Waals surface area contributed by atoms with E-state index in [1.54, 1.807) is 18.2 Å². The molecule has 3 N–H and O–H groups in total. The van der Waals surface area contributed by atoms with E-state index in [1.165, 1.54) is 5.23 Å². The van der Waals surface area contributed by atoms with Crippen LogP contribution in [0.15, 0.2) is 24.3 Å². The third-order valence-electron chi connectivity index (χ3n) is 1.87. The lowest BCUT2D eigenvalue weighted by molar-refractivity contribution is -0.135. The Hall–Kier alpha value is -2.32. The molecule has 0 bridgehead atoms. The second-order valence-corrected chi connectivity index (χ2v) is 4.48. The number of aliphatic carboxylic acids is 2. The summed E-state index contributed by atoms with van der Waals surface area (Å²) in [6.45, 7) is 7.39. The molecule has 0 atom stereocenters. The highest BCUT2D eigenvalue weighted by molar-refractivity contribution is 5.63. The number of carboxylic acids is 2. The van der Waals surface area contributed by atoms with Gasteiger partial charge in [0.1, 0.15) is 5.75 Å². The van der Waals surface area contributed by atoms with E-state index >= 15 is 0 Å². The molecule has 0 radical (unpaired) electrons. The normalized spacial score (nSPS) is 9.00. The van der Waals surface area contributed by atoms with Crippen LogP contribution in [0.5, 0.6) is 5.75 Å². The molecule has 0 fully saturated rings. The average Bonchev–Trinajstić information content (AvgIpc) is 2.46. The lowest BCUT2D eigenvalue weighted by Crippen LogP contribution is -2.24. The molecule has 0 unspecified atom stereocenters. The highest BCUT2D eigenvalue weighted by Crippen LogP contribution is 2.20. The largest absolute Gasteiger partial charge is 0.508 e. The molecular formula is C16H27NO7. The van der Waals surface area contributed by atoms with Gasteiger partial charge in [-0.3, -0.25) is 9.59 Å². The number of benzene rings is 1. The van der Waals surface area contributed by atoms with Gasteiger partial charge in [0.05, 0.1) is 18.9 Å². The Labute approximate surface area is 142 Å². The van der Waals surface area contributed by atoms with E-state index in [-0.39, 0.29) is 5.75 Å². The Kier molecular flexibility index (Phi) is 15.5. The van der Waals surface area contributed by atoms with Gasteiger partial charge in [0.15, 0.2) is 0 Å². The first-order valence-electron chi connectivity index (χ1n) is 7.48. The zero-order valence-corrected chi connectivity index (χ0v) is 14.6. The van der Waals surface area contributed by atoms with Gasteiger partial charge < -0.3 is 15.3 Å². The standard InChI is InChI=1S/C12H19NO3.2C2H4O2/c1-3-8-15-13(16-9-4-2)11-6-5-7-12(14)10-11;2*1-2(3)4/h5-7,10,14H,3-4,8-9H2,1-2H3;2*1H3,(H,3,4). The highest BCUT2D eigenvalue weighted by Gasteiger charge is 2.07. The van der Waals surface area contributed by atoms with E-state index in [2.05, 4.69) is 0 Å². The Balaban J connectivity index is 0. The van der Waals surface area contributed by atoms with Crippen LogP contribution >= 0.6 is 0 Å². The van der Waals surface area contributed by atoms with Crippen molar-refractivity contribution < 1.29 is 34.6 Å². The third-order valence-corrected chi connectivity index (χ3v) is 1.87. The smallest absolute Gasteiger partial charge is 0.300 e. The summed E-state index contributed by atoms with van der Waals surface area (Å²) < 4.78 is 0. The first-order valence-corrected chi connectivity index (χ1v) is 7.48. The molecule has 0 heterocycles. The summed E-state index contributed by atoms with van der Waals surface area (Å²) in [6.07, 6.45) is 1.82. The molecule has 0 saturated carbocycles. The lowest BCUT2D eigenvalue weighted by Gasteiger charge is -2.22. The maximum Gasteiger partial charge on any atom is 0.300 e. The predicted octanol–water partition coefficient (Wildman–Crippen LogP) is 3.06. The number of phenolic OH excluding ortho intramolecular Hbond substituents is 1. The number of carboxylic acid groups (broad SMARTS) is 2. The summed E-state index contributed by atoms with van der Waals surface area (Å²) in [5, 5.41) is 25.6. The van der Waals surface area contributed by atoms with Gasteiger partial charge in [-0.25, -0.2) is 9.68 Å². The second kappa shape index (κ2) is 15.6. The molecule has 0 aromatic heterocycles. The van der Waals surface area contributed by atoms with E-state index in [1.807, 2.05) is 19.9 Å². The SMILES string of the molecule is CC(=O)O.CC(=O)O.CCCON(OCCC)c1cccc(O)c1. The number of carbonyl (C=O) groups is 2.